The first-order valence-electron chi connectivity index (χ1n) is 3.88. The molecule has 0 aliphatic heterocycles. The molecule has 1 heterocycles. The van der Waals surface area contributed by atoms with Gasteiger partial charge >= 0.3 is 0 Å². The number of H-pyrrole nitrogens is 1. The van der Waals surface area contributed by atoms with Crippen LogP contribution in [-0.4, -0.2) is 4.98 Å². The summed E-state index contributed by atoms with van der Waals surface area (Å²) in [4.78, 5) is 3.07. The van der Waals surface area contributed by atoms with Crippen molar-refractivity contribution in [1.82, 2.24) is 4.98 Å². The van der Waals surface area contributed by atoms with Crippen LogP contribution < -0.4 is 5.73 Å². The van der Waals surface area contributed by atoms with Crippen LogP contribution in [0.1, 0.15) is 5.56 Å². The molecule has 2 aromatic rings. The quantitative estimate of drug-likeness (QED) is 0.812. The maximum atomic E-state index is 5.97. The van der Waals surface area contributed by atoms with Gasteiger partial charge in [-0.1, -0.05) is 33.6 Å². The predicted octanol–water partition coefficient (Wildman–Crippen LogP) is 3.04. The van der Waals surface area contributed by atoms with Gasteiger partial charge in [0.25, 0.3) is 0 Å². The molecule has 0 aliphatic carbocycles. The largest absolute Gasteiger partial charge is 0.345 e. The van der Waals surface area contributed by atoms with Crippen molar-refractivity contribution < 1.29 is 0 Å². The van der Waals surface area contributed by atoms with Gasteiger partial charge in [0.15, 0.2) is 0 Å². The van der Waals surface area contributed by atoms with Crippen molar-refractivity contribution in [3.05, 3.63) is 33.4 Å². The third kappa shape index (κ3) is 1.47. The Morgan fingerprint density at radius 1 is 1.46 bits per heavy atom. The number of aromatic amines is 1. The number of benzene rings is 1. The van der Waals surface area contributed by atoms with Crippen LogP contribution >= 0.6 is 27.5 Å². The summed E-state index contributed by atoms with van der Waals surface area (Å²) in [5, 5.41) is 1.73. The van der Waals surface area contributed by atoms with Crippen molar-refractivity contribution in [1.29, 1.82) is 0 Å². The molecule has 3 N–H and O–H groups in total. The highest BCUT2D eigenvalue weighted by molar-refractivity contribution is 9.10. The predicted molar refractivity (Wildman–Crippen MR) is 58.9 cm³/mol. The molecule has 0 saturated heterocycles. The minimum atomic E-state index is 0.459. The van der Waals surface area contributed by atoms with E-state index < -0.39 is 0 Å². The van der Waals surface area contributed by atoms with Gasteiger partial charge in [-0.15, -0.1) is 0 Å². The van der Waals surface area contributed by atoms with Crippen LogP contribution in [0.4, 0.5) is 0 Å². The lowest BCUT2D eigenvalue weighted by atomic mass is 10.2. The maximum Gasteiger partial charge on any atom is 0.111 e. The molecular weight excluding hydrogens is 251 g/mol. The Morgan fingerprint density at radius 3 is 2.92 bits per heavy atom. The molecular formula is C9H8BrClN2. The van der Waals surface area contributed by atoms with Crippen molar-refractivity contribution in [3.8, 4) is 0 Å². The summed E-state index contributed by atoms with van der Waals surface area (Å²) in [7, 11) is 0. The molecule has 1 aromatic heterocycles. The highest BCUT2D eigenvalue weighted by atomic mass is 79.9. The summed E-state index contributed by atoms with van der Waals surface area (Å²) >= 11 is 9.36. The number of aromatic nitrogens is 1. The number of rotatable bonds is 1. The zero-order chi connectivity index (χ0) is 9.42. The Bertz CT molecular complexity index is 450. The molecule has 0 saturated carbocycles. The molecule has 0 amide bonds. The lowest BCUT2D eigenvalue weighted by Gasteiger charge is -1.94. The Labute approximate surface area is 89.2 Å². The van der Waals surface area contributed by atoms with E-state index in [4.69, 9.17) is 17.3 Å². The molecule has 0 unspecified atom stereocenters. The molecule has 2 rings (SSSR count). The van der Waals surface area contributed by atoms with Crippen LogP contribution in [0.15, 0.2) is 22.7 Å². The van der Waals surface area contributed by atoms with E-state index in [9.17, 15) is 0 Å². The fourth-order valence-corrected chi connectivity index (χ4v) is 2.04. The van der Waals surface area contributed by atoms with Gasteiger partial charge in [0.05, 0.1) is 0 Å². The smallest absolute Gasteiger partial charge is 0.111 e. The molecule has 68 valence electrons. The first kappa shape index (κ1) is 9.06. The first-order valence-corrected chi connectivity index (χ1v) is 5.05. The van der Waals surface area contributed by atoms with Gasteiger partial charge in [-0.2, -0.15) is 0 Å². The minimum Gasteiger partial charge on any atom is -0.345 e. The van der Waals surface area contributed by atoms with E-state index in [-0.39, 0.29) is 0 Å². The van der Waals surface area contributed by atoms with E-state index in [1.165, 1.54) is 0 Å². The SMILES string of the molecule is NCc1c(Cl)[nH]c2cc(Br)ccc12. The summed E-state index contributed by atoms with van der Waals surface area (Å²) < 4.78 is 1.03. The number of hydrogen-bond donors (Lipinski definition) is 2. The fourth-order valence-electron chi connectivity index (χ4n) is 1.39. The molecule has 2 nitrogen and oxygen atoms in total. The van der Waals surface area contributed by atoms with Gasteiger partial charge in [0.1, 0.15) is 5.15 Å². The van der Waals surface area contributed by atoms with Gasteiger partial charge in [-0.3, -0.25) is 0 Å². The van der Waals surface area contributed by atoms with Gasteiger partial charge in [-0.25, -0.2) is 0 Å². The van der Waals surface area contributed by atoms with Gasteiger partial charge in [0, 0.05) is 27.5 Å². The molecule has 0 radical (unpaired) electrons. The summed E-state index contributed by atoms with van der Waals surface area (Å²) in [5.41, 5.74) is 7.57. The van der Waals surface area contributed by atoms with E-state index in [0.29, 0.717) is 11.7 Å². The average Bonchev–Trinajstić information content (AvgIpc) is 2.39. The molecule has 1 aromatic carbocycles. The van der Waals surface area contributed by atoms with E-state index in [2.05, 4.69) is 20.9 Å². The average molecular weight is 260 g/mol. The second-order valence-corrected chi connectivity index (χ2v) is 4.11. The minimum absolute atomic E-state index is 0.459. The van der Waals surface area contributed by atoms with E-state index >= 15 is 0 Å². The molecule has 0 spiro atoms. The Hall–Kier alpha value is -0.510. The van der Waals surface area contributed by atoms with Gasteiger partial charge < -0.3 is 10.7 Å². The fraction of sp³-hybridized carbons (Fsp3) is 0.111. The summed E-state index contributed by atoms with van der Waals surface area (Å²) in [6.07, 6.45) is 0. The van der Waals surface area contributed by atoms with Crippen LogP contribution in [0, 0.1) is 0 Å². The summed E-state index contributed by atoms with van der Waals surface area (Å²) in [6.45, 7) is 0.459. The van der Waals surface area contributed by atoms with Crippen molar-refractivity contribution in [3.63, 3.8) is 0 Å². The third-order valence-electron chi connectivity index (χ3n) is 2.02. The van der Waals surface area contributed by atoms with Gasteiger partial charge in [-0.05, 0) is 12.1 Å². The standard InChI is InChI=1S/C9H8BrClN2/c10-5-1-2-6-7(4-12)9(11)13-8(6)3-5/h1-3,13H,4,12H2. The Morgan fingerprint density at radius 2 is 2.23 bits per heavy atom. The third-order valence-corrected chi connectivity index (χ3v) is 2.84. The van der Waals surface area contributed by atoms with Gasteiger partial charge in [0.2, 0.25) is 0 Å². The van der Waals surface area contributed by atoms with Crippen molar-refractivity contribution >= 4 is 38.4 Å². The van der Waals surface area contributed by atoms with Crippen molar-refractivity contribution in [2.75, 3.05) is 0 Å². The molecule has 13 heavy (non-hydrogen) atoms. The number of nitrogens with two attached hydrogens (primary N) is 1. The number of nitrogens with one attached hydrogen (secondary N) is 1. The normalized spacial score (nSPS) is 11.0. The second kappa shape index (κ2) is 3.33. The Kier molecular flexibility index (Phi) is 2.32. The zero-order valence-corrected chi connectivity index (χ0v) is 9.11. The molecule has 0 aliphatic rings. The lowest BCUT2D eigenvalue weighted by molar-refractivity contribution is 1.08. The Balaban J connectivity index is 2.79. The van der Waals surface area contributed by atoms with Crippen LogP contribution in [0.2, 0.25) is 5.15 Å². The second-order valence-electron chi connectivity index (χ2n) is 2.81. The number of halogens is 2. The topological polar surface area (TPSA) is 41.8 Å². The van der Waals surface area contributed by atoms with Crippen LogP contribution in [-0.2, 0) is 6.54 Å². The number of hydrogen-bond acceptors (Lipinski definition) is 1. The lowest BCUT2D eigenvalue weighted by Crippen LogP contribution is -1.95. The molecule has 0 atom stereocenters. The monoisotopic (exact) mass is 258 g/mol. The highest BCUT2D eigenvalue weighted by Crippen LogP contribution is 2.27. The van der Waals surface area contributed by atoms with E-state index in [1.54, 1.807) is 0 Å². The van der Waals surface area contributed by atoms with Crippen LogP contribution in [0.5, 0.6) is 0 Å². The van der Waals surface area contributed by atoms with Crippen molar-refractivity contribution in [2.45, 2.75) is 6.54 Å². The van der Waals surface area contributed by atoms with Crippen LogP contribution in [0.3, 0.4) is 0 Å². The van der Waals surface area contributed by atoms with Crippen LogP contribution in [0.25, 0.3) is 10.9 Å². The maximum absolute atomic E-state index is 5.97. The highest BCUT2D eigenvalue weighted by Gasteiger charge is 2.07. The van der Waals surface area contributed by atoms with Crippen molar-refractivity contribution in [2.24, 2.45) is 5.73 Å². The molecule has 0 bridgehead atoms. The summed E-state index contributed by atoms with van der Waals surface area (Å²) in [5.74, 6) is 0. The molecule has 4 heteroatoms. The van der Waals surface area contributed by atoms with E-state index in [1.807, 2.05) is 18.2 Å². The summed E-state index contributed by atoms with van der Waals surface area (Å²) in [6, 6.07) is 5.97. The molecule has 0 fully saturated rings. The number of fused-ring (bicyclic) bond motifs is 1. The zero-order valence-electron chi connectivity index (χ0n) is 6.77. The first-order chi connectivity index (χ1) is 6.22. The van der Waals surface area contributed by atoms with E-state index in [0.717, 1.165) is 20.9 Å².